The number of rotatable bonds is 5. The molecule has 0 saturated heterocycles. The summed E-state index contributed by atoms with van der Waals surface area (Å²) < 4.78 is 0. The van der Waals surface area contributed by atoms with Crippen molar-refractivity contribution in [3.8, 4) is 0 Å². The molecule has 5 nitrogen and oxygen atoms in total. The van der Waals surface area contributed by atoms with Gasteiger partial charge in [-0.2, -0.15) is 4.80 Å². The van der Waals surface area contributed by atoms with Crippen LogP contribution in [0.5, 0.6) is 0 Å². The van der Waals surface area contributed by atoms with Gasteiger partial charge in [0.1, 0.15) is 0 Å². The number of tetrazole rings is 1. The van der Waals surface area contributed by atoms with Crippen LogP contribution in [-0.2, 0) is 13.5 Å². The topological polar surface area (TPSA) is 55.6 Å². The van der Waals surface area contributed by atoms with E-state index >= 15 is 0 Å². The summed E-state index contributed by atoms with van der Waals surface area (Å²) >= 11 is 0. The van der Waals surface area contributed by atoms with Crippen LogP contribution >= 0.6 is 0 Å². The summed E-state index contributed by atoms with van der Waals surface area (Å²) in [6, 6.07) is 0.490. The molecule has 0 saturated carbocycles. The molecule has 0 radical (unpaired) electrons. The molecular weight excluding hydrogens is 178 g/mol. The Kier molecular flexibility index (Phi) is 4.00. The van der Waals surface area contributed by atoms with Gasteiger partial charge in [0.05, 0.1) is 7.05 Å². The normalized spacial score (nSPS) is 15.4. The van der Waals surface area contributed by atoms with Gasteiger partial charge < -0.3 is 5.32 Å². The summed E-state index contributed by atoms with van der Waals surface area (Å²) in [4.78, 5) is 1.50. The highest BCUT2D eigenvalue weighted by Gasteiger charge is 2.14. The molecule has 0 fully saturated rings. The van der Waals surface area contributed by atoms with Crippen LogP contribution < -0.4 is 5.32 Å². The van der Waals surface area contributed by atoms with Crippen molar-refractivity contribution >= 4 is 0 Å². The average molecular weight is 197 g/mol. The zero-order valence-electron chi connectivity index (χ0n) is 9.36. The lowest BCUT2D eigenvalue weighted by molar-refractivity contribution is 0.399. The summed E-state index contributed by atoms with van der Waals surface area (Å²) in [6.07, 6.45) is 0.877. The summed E-state index contributed by atoms with van der Waals surface area (Å²) in [7, 11) is 1.79. The van der Waals surface area contributed by atoms with Gasteiger partial charge in [-0.15, -0.1) is 10.2 Å². The first-order valence-electron chi connectivity index (χ1n) is 5.09. The van der Waals surface area contributed by atoms with Gasteiger partial charge in [-0.3, -0.25) is 0 Å². The quantitative estimate of drug-likeness (QED) is 0.741. The van der Waals surface area contributed by atoms with Gasteiger partial charge in [0, 0.05) is 12.5 Å². The molecule has 0 spiro atoms. The molecule has 1 rings (SSSR count). The summed E-state index contributed by atoms with van der Waals surface area (Å²) in [5, 5.41) is 15.3. The minimum Gasteiger partial charge on any atom is -0.314 e. The van der Waals surface area contributed by atoms with E-state index in [1.54, 1.807) is 7.05 Å². The first-order chi connectivity index (χ1) is 6.63. The predicted molar refractivity (Wildman–Crippen MR) is 54.8 cm³/mol. The maximum atomic E-state index is 4.16. The number of hydrogen-bond acceptors (Lipinski definition) is 4. The van der Waals surface area contributed by atoms with Gasteiger partial charge in [0.25, 0.3) is 0 Å². The number of nitrogens with zero attached hydrogens (tertiary/aromatic N) is 4. The zero-order chi connectivity index (χ0) is 10.6. The molecule has 0 aliphatic heterocycles. The fourth-order valence-electron chi connectivity index (χ4n) is 1.39. The largest absolute Gasteiger partial charge is 0.314 e. The molecule has 14 heavy (non-hydrogen) atoms. The van der Waals surface area contributed by atoms with Crippen LogP contribution in [0.4, 0.5) is 0 Å². The second-order valence-corrected chi connectivity index (χ2v) is 3.72. The van der Waals surface area contributed by atoms with Gasteiger partial charge in [0.2, 0.25) is 0 Å². The Balaban J connectivity index is 2.43. The lowest BCUT2D eigenvalue weighted by Gasteiger charge is -2.18. The van der Waals surface area contributed by atoms with E-state index in [0.717, 1.165) is 18.8 Å². The van der Waals surface area contributed by atoms with Crippen molar-refractivity contribution in [1.82, 2.24) is 25.5 Å². The number of nitrogens with one attached hydrogen (secondary N) is 1. The van der Waals surface area contributed by atoms with Gasteiger partial charge >= 0.3 is 0 Å². The average Bonchev–Trinajstić information content (AvgIpc) is 2.51. The van der Waals surface area contributed by atoms with Gasteiger partial charge in [0.15, 0.2) is 5.82 Å². The van der Waals surface area contributed by atoms with Crippen molar-refractivity contribution in [2.24, 2.45) is 13.0 Å². The Labute approximate surface area is 84.9 Å². The van der Waals surface area contributed by atoms with Crippen LogP contribution in [0.2, 0.25) is 0 Å². The van der Waals surface area contributed by atoms with Crippen molar-refractivity contribution in [2.45, 2.75) is 33.2 Å². The third-order valence-electron chi connectivity index (χ3n) is 2.43. The van der Waals surface area contributed by atoms with Crippen molar-refractivity contribution in [1.29, 1.82) is 0 Å². The van der Waals surface area contributed by atoms with E-state index in [-0.39, 0.29) is 0 Å². The lowest BCUT2D eigenvalue weighted by Crippen LogP contribution is -2.33. The van der Waals surface area contributed by atoms with Crippen molar-refractivity contribution in [3.63, 3.8) is 0 Å². The minimum absolute atomic E-state index is 0.490. The highest BCUT2D eigenvalue weighted by atomic mass is 15.6. The molecule has 0 aliphatic carbocycles. The highest BCUT2D eigenvalue weighted by Crippen LogP contribution is 2.07. The molecule has 0 aromatic carbocycles. The maximum absolute atomic E-state index is 4.16. The number of hydrogen-bond donors (Lipinski definition) is 1. The molecule has 0 bridgehead atoms. The standard InChI is InChI=1S/C9H19N5/c1-5-10-8(3)7(2)6-9-11-13-14(4)12-9/h7-8,10H,5-6H2,1-4H3. The fraction of sp³-hybridized carbons (Fsp3) is 0.889. The first kappa shape index (κ1) is 11.1. The third-order valence-corrected chi connectivity index (χ3v) is 2.43. The smallest absolute Gasteiger partial charge is 0.175 e. The zero-order valence-corrected chi connectivity index (χ0v) is 9.36. The second kappa shape index (κ2) is 5.05. The Morgan fingerprint density at radius 3 is 2.64 bits per heavy atom. The van der Waals surface area contributed by atoms with Crippen LogP contribution in [-0.4, -0.2) is 32.8 Å². The maximum Gasteiger partial charge on any atom is 0.175 e. The molecule has 80 valence electrons. The van der Waals surface area contributed by atoms with Gasteiger partial charge in [-0.1, -0.05) is 13.8 Å². The SMILES string of the molecule is CCNC(C)C(C)Cc1nnn(C)n1. The molecule has 2 atom stereocenters. The second-order valence-electron chi connectivity index (χ2n) is 3.72. The first-order valence-corrected chi connectivity index (χ1v) is 5.09. The number of aryl methyl sites for hydroxylation is 1. The van der Waals surface area contributed by atoms with Crippen LogP contribution in [0.25, 0.3) is 0 Å². The van der Waals surface area contributed by atoms with Crippen LogP contribution in [0.1, 0.15) is 26.6 Å². The van der Waals surface area contributed by atoms with E-state index in [1.807, 2.05) is 0 Å². The van der Waals surface area contributed by atoms with E-state index < -0.39 is 0 Å². The van der Waals surface area contributed by atoms with Gasteiger partial charge in [-0.25, -0.2) is 0 Å². The van der Waals surface area contributed by atoms with Crippen LogP contribution in [0.15, 0.2) is 0 Å². The third kappa shape index (κ3) is 3.06. The van der Waals surface area contributed by atoms with Gasteiger partial charge in [-0.05, 0) is 24.6 Å². The molecular formula is C9H19N5. The predicted octanol–water partition coefficient (Wildman–Crippen LogP) is 0.387. The Morgan fingerprint density at radius 1 is 1.43 bits per heavy atom. The molecule has 0 aliphatic rings. The van der Waals surface area contributed by atoms with Crippen molar-refractivity contribution < 1.29 is 0 Å². The minimum atomic E-state index is 0.490. The monoisotopic (exact) mass is 197 g/mol. The molecule has 1 N–H and O–H groups in total. The van der Waals surface area contributed by atoms with Crippen molar-refractivity contribution in [2.75, 3.05) is 6.54 Å². The van der Waals surface area contributed by atoms with Crippen LogP contribution in [0, 0.1) is 5.92 Å². The van der Waals surface area contributed by atoms with E-state index in [4.69, 9.17) is 0 Å². The molecule has 2 unspecified atom stereocenters. The molecule has 0 amide bonds. The molecule has 1 aromatic rings. The van der Waals surface area contributed by atoms with E-state index in [2.05, 4.69) is 41.5 Å². The molecule has 1 heterocycles. The molecule has 5 heteroatoms. The Bertz CT molecular complexity index is 270. The summed E-state index contributed by atoms with van der Waals surface area (Å²) in [5.74, 6) is 1.35. The molecule has 1 aromatic heterocycles. The highest BCUT2D eigenvalue weighted by molar-refractivity contribution is 4.83. The Morgan fingerprint density at radius 2 is 2.14 bits per heavy atom. The number of aromatic nitrogens is 4. The van der Waals surface area contributed by atoms with Crippen molar-refractivity contribution in [3.05, 3.63) is 5.82 Å². The fourth-order valence-corrected chi connectivity index (χ4v) is 1.39. The Hall–Kier alpha value is -0.970. The summed E-state index contributed by atoms with van der Waals surface area (Å²) in [5.41, 5.74) is 0. The van der Waals surface area contributed by atoms with Crippen LogP contribution in [0.3, 0.4) is 0 Å². The lowest BCUT2D eigenvalue weighted by atomic mass is 9.99. The van der Waals surface area contributed by atoms with E-state index in [9.17, 15) is 0 Å². The van der Waals surface area contributed by atoms with E-state index in [0.29, 0.717) is 12.0 Å². The summed E-state index contributed by atoms with van der Waals surface area (Å²) in [6.45, 7) is 7.50. The van der Waals surface area contributed by atoms with E-state index in [1.165, 1.54) is 4.80 Å².